The Kier molecular flexibility index (Phi) is 10.8. The lowest BCUT2D eigenvalue weighted by Gasteiger charge is -2.23. The van der Waals surface area contributed by atoms with Gasteiger partial charge in [-0.3, -0.25) is 14.4 Å². The maximum Gasteiger partial charge on any atom is 0.408 e. The van der Waals surface area contributed by atoms with Crippen LogP contribution in [-0.4, -0.2) is 54.8 Å². The number of hydrogen-bond acceptors (Lipinski definition) is 9. The zero-order chi connectivity index (χ0) is 25.3. The third-order valence-corrected chi connectivity index (χ3v) is 3.78. The van der Waals surface area contributed by atoms with Crippen LogP contribution in [0.1, 0.15) is 75.2 Å². The van der Waals surface area contributed by atoms with Crippen LogP contribution in [0.25, 0.3) is 0 Å². The lowest BCUT2D eigenvalue weighted by molar-refractivity contribution is -0.175. The number of nitrogens with one attached hydrogen (secondary N) is 1. The number of amides is 1. The molecule has 0 bridgehead atoms. The highest BCUT2D eigenvalue weighted by Crippen LogP contribution is 2.18. The fourth-order valence-corrected chi connectivity index (χ4v) is 1.92. The van der Waals surface area contributed by atoms with Crippen molar-refractivity contribution >= 4 is 29.8 Å². The Morgan fingerprint density at radius 2 is 1.31 bits per heavy atom. The monoisotopic (exact) mass is 459 g/mol. The predicted octanol–water partition coefficient (Wildman–Crippen LogP) is 2.91. The van der Waals surface area contributed by atoms with Gasteiger partial charge in [-0.1, -0.05) is 20.8 Å². The second-order valence-corrected chi connectivity index (χ2v) is 10.3. The zero-order valence-electron chi connectivity index (χ0n) is 20.6. The van der Waals surface area contributed by atoms with E-state index in [0.717, 1.165) is 0 Å². The van der Waals surface area contributed by atoms with Crippen molar-refractivity contribution in [3.63, 3.8) is 0 Å². The molecule has 0 saturated carbocycles. The van der Waals surface area contributed by atoms with Crippen LogP contribution in [0.5, 0.6) is 0 Å². The molecule has 1 amide bonds. The van der Waals surface area contributed by atoms with E-state index in [1.807, 2.05) is 0 Å². The summed E-state index contributed by atoms with van der Waals surface area (Å²) in [6, 6.07) is -1.40. The Balaban J connectivity index is 4.94. The molecule has 32 heavy (non-hydrogen) atoms. The largest absolute Gasteiger partial charge is 0.463 e. The van der Waals surface area contributed by atoms with E-state index >= 15 is 0 Å². The van der Waals surface area contributed by atoms with E-state index in [1.54, 1.807) is 62.3 Å². The number of ether oxygens (including phenoxy) is 4. The summed E-state index contributed by atoms with van der Waals surface area (Å²) >= 11 is 0. The molecule has 1 unspecified atom stereocenters. The van der Waals surface area contributed by atoms with Gasteiger partial charge in [-0.2, -0.15) is 0 Å². The molecule has 0 heterocycles. The van der Waals surface area contributed by atoms with Crippen molar-refractivity contribution in [3.05, 3.63) is 0 Å². The molecule has 1 atom stereocenters. The molecule has 1 N–H and O–H groups in total. The summed E-state index contributed by atoms with van der Waals surface area (Å²) in [6.45, 7) is 13.8. The molecule has 184 valence electrons. The molecule has 10 heteroatoms. The predicted molar refractivity (Wildman–Crippen MR) is 114 cm³/mol. The molecule has 0 aliphatic heterocycles. The Hall–Kier alpha value is -2.65. The summed E-state index contributed by atoms with van der Waals surface area (Å²) in [7, 11) is 0. The summed E-state index contributed by atoms with van der Waals surface area (Å²) in [6.07, 6.45) is -1.11. The van der Waals surface area contributed by atoms with Gasteiger partial charge in [0.1, 0.15) is 18.0 Å². The summed E-state index contributed by atoms with van der Waals surface area (Å²) in [4.78, 5) is 60.1. The van der Waals surface area contributed by atoms with Gasteiger partial charge in [0, 0.05) is 11.8 Å². The van der Waals surface area contributed by atoms with Gasteiger partial charge in [-0.05, 0) is 41.5 Å². The van der Waals surface area contributed by atoms with Crippen molar-refractivity contribution in [1.29, 1.82) is 0 Å². The van der Waals surface area contributed by atoms with E-state index in [9.17, 15) is 24.0 Å². The molecule has 0 saturated heterocycles. The minimum atomic E-state index is -1.40. The van der Waals surface area contributed by atoms with E-state index in [4.69, 9.17) is 18.9 Å². The quantitative estimate of drug-likeness (QED) is 0.314. The Morgan fingerprint density at radius 1 is 0.750 bits per heavy atom. The number of ketones is 1. The van der Waals surface area contributed by atoms with Gasteiger partial charge < -0.3 is 24.3 Å². The number of carbonyl (C=O) groups excluding carboxylic acids is 5. The first kappa shape index (κ1) is 29.4. The first-order valence-corrected chi connectivity index (χ1v) is 10.3. The number of carbonyl (C=O) groups is 5. The average molecular weight is 460 g/mol. The van der Waals surface area contributed by atoms with Crippen molar-refractivity contribution < 1.29 is 42.9 Å². The third-order valence-electron chi connectivity index (χ3n) is 3.78. The molecule has 0 aliphatic carbocycles. The summed E-state index contributed by atoms with van der Waals surface area (Å²) in [5.74, 6) is -2.41. The standard InChI is InChI=1S/C22H37NO9/c1-20(2,3)15(24)10-11-16(25)29-12-14(23-19(28)32-22(7,8)9)17(26)30-13-31-18(27)21(4,5)6/h14H,10-13H2,1-9H3,(H,23,28). The van der Waals surface area contributed by atoms with Crippen LogP contribution in [0.3, 0.4) is 0 Å². The topological polar surface area (TPSA) is 134 Å². The van der Waals surface area contributed by atoms with Crippen LogP contribution in [0.2, 0.25) is 0 Å². The van der Waals surface area contributed by atoms with Gasteiger partial charge in [-0.25, -0.2) is 9.59 Å². The maximum atomic E-state index is 12.4. The summed E-state index contributed by atoms with van der Waals surface area (Å²) in [5, 5.41) is 2.27. The molecule has 0 aromatic carbocycles. The number of esters is 3. The van der Waals surface area contributed by atoms with Crippen molar-refractivity contribution in [2.24, 2.45) is 10.8 Å². The minimum Gasteiger partial charge on any atom is -0.463 e. The molecular formula is C22H37NO9. The van der Waals surface area contributed by atoms with Gasteiger partial charge in [0.2, 0.25) is 6.79 Å². The van der Waals surface area contributed by atoms with Crippen LogP contribution in [0, 0.1) is 10.8 Å². The molecule has 0 radical (unpaired) electrons. The van der Waals surface area contributed by atoms with E-state index in [-0.39, 0.29) is 18.6 Å². The van der Waals surface area contributed by atoms with Crippen LogP contribution >= 0.6 is 0 Å². The molecular weight excluding hydrogens is 422 g/mol. The van der Waals surface area contributed by atoms with Gasteiger partial charge in [0.05, 0.1) is 11.8 Å². The molecule has 0 fully saturated rings. The minimum absolute atomic E-state index is 0.0142. The van der Waals surface area contributed by atoms with Gasteiger partial charge in [-0.15, -0.1) is 0 Å². The molecule has 0 aromatic rings. The molecule has 0 aromatic heterocycles. The van der Waals surface area contributed by atoms with E-state index in [2.05, 4.69) is 5.32 Å². The molecule has 0 aliphatic rings. The van der Waals surface area contributed by atoms with Crippen LogP contribution in [0.15, 0.2) is 0 Å². The zero-order valence-corrected chi connectivity index (χ0v) is 20.6. The van der Waals surface area contributed by atoms with E-state index in [0.29, 0.717) is 0 Å². The highest BCUT2D eigenvalue weighted by Gasteiger charge is 2.29. The fourth-order valence-electron chi connectivity index (χ4n) is 1.92. The second-order valence-electron chi connectivity index (χ2n) is 10.3. The van der Waals surface area contributed by atoms with Crippen molar-refractivity contribution in [2.45, 2.75) is 86.8 Å². The molecule has 0 rings (SSSR count). The highest BCUT2D eigenvalue weighted by molar-refractivity contribution is 5.87. The van der Waals surface area contributed by atoms with E-state index < -0.39 is 59.9 Å². The molecule has 10 nitrogen and oxygen atoms in total. The lowest BCUT2D eigenvalue weighted by atomic mass is 9.88. The van der Waals surface area contributed by atoms with Gasteiger partial charge in [0.15, 0.2) is 6.04 Å². The van der Waals surface area contributed by atoms with Crippen LogP contribution in [-0.2, 0) is 38.1 Å². The van der Waals surface area contributed by atoms with Crippen LogP contribution in [0.4, 0.5) is 4.79 Å². The summed E-state index contributed by atoms with van der Waals surface area (Å²) in [5.41, 5.74) is -2.21. The molecule has 0 spiro atoms. The van der Waals surface area contributed by atoms with Crippen molar-refractivity contribution in [1.82, 2.24) is 5.32 Å². The van der Waals surface area contributed by atoms with Crippen molar-refractivity contribution in [2.75, 3.05) is 13.4 Å². The average Bonchev–Trinajstić information content (AvgIpc) is 2.59. The third kappa shape index (κ3) is 12.9. The number of alkyl carbamates (subject to hydrolysis) is 1. The fraction of sp³-hybridized carbons (Fsp3) is 0.773. The smallest absolute Gasteiger partial charge is 0.408 e. The Labute approximate surface area is 189 Å². The van der Waals surface area contributed by atoms with Gasteiger partial charge in [0.25, 0.3) is 0 Å². The maximum absolute atomic E-state index is 12.4. The van der Waals surface area contributed by atoms with Crippen LogP contribution < -0.4 is 5.32 Å². The summed E-state index contributed by atoms with van der Waals surface area (Å²) < 4.78 is 19.9. The van der Waals surface area contributed by atoms with Crippen molar-refractivity contribution in [3.8, 4) is 0 Å². The van der Waals surface area contributed by atoms with E-state index in [1.165, 1.54) is 0 Å². The second kappa shape index (κ2) is 11.8. The SMILES string of the molecule is CC(C)(C)OC(=O)NC(COC(=O)CCC(=O)C(C)(C)C)C(=O)OCOC(=O)C(C)(C)C. The number of rotatable bonds is 9. The normalized spacial score (nSPS) is 12.9. The van der Waals surface area contributed by atoms with Gasteiger partial charge >= 0.3 is 24.0 Å². The first-order valence-electron chi connectivity index (χ1n) is 10.3. The number of Topliss-reactive ketones (excluding diaryl/α,β-unsaturated/α-hetero) is 1. The first-order chi connectivity index (χ1) is 14.3. The Bertz CT molecular complexity index is 694. The lowest BCUT2D eigenvalue weighted by Crippen LogP contribution is -2.47. The highest BCUT2D eigenvalue weighted by atomic mass is 16.7. The Morgan fingerprint density at radius 3 is 1.78 bits per heavy atom. The number of hydrogen-bond donors (Lipinski definition) is 1.